The molecule has 1 aliphatic carbocycles. The summed E-state index contributed by atoms with van der Waals surface area (Å²) in [6, 6.07) is 3.51. The van der Waals surface area contributed by atoms with Crippen molar-refractivity contribution in [3.05, 3.63) is 38.8 Å². The molecule has 33 heavy (non-hydrogen) atoms. The zero-order chi connectivity index (χ0) is 24.3. The Hall–Kier alpha value is -0.900. The summed E-state index contributed by atoms with van der Waals surface area (Å²) >= 11 is 18.7. The normalized spacial score (nSPS) is 19.9. The number of hydrogen-bond donors (Lipinski definition) is 0. The summed E-state index contributed by atoms with van der Waals surface area (Å²) < 4.78 is 17.2. The Labute approximate surface area is 218 Å². The van der Waals surface area contributed by atoms with Gasteiger partial charge < -0.3 is 19.1 Å². The number of anilines is 2. The Morgan fingerprint density at radius 3 is 2.39 bits per heavy atom. The number of fused-ring (bicyclic) bond motifs is 2. The van der Waals surface area contributed by atoms with Crippen molar-refractivity contribution >= 4 is 68.4 Å². The van der Waals surface area contributed by atoms with E-state index in [9.17, 15) is 4.79 Å². The molecule has 2 unspecified atom stereocenters. The summed E-state index contributed by atoms with van der Waals surface area (Å²) in [5, 5.41) is 0.896. The average molecular weight is 580 g/mol. The molecule has 0 spiro atoms. The summed E-state index contributed by atoms with van der Waals surface area (Å²) in [6.07, 6.45) is 3.38. The number of carbonyl (C=O) groups is 1. The molecule has 0 fully saturated rings. The van der Waals surface area contributed by atoms with Crippen LogP contribution in [0.2, 0.25) is 5.02 Å². The predicted molar refractivity (Wildman–Crippen MR) is 141 cm³/mol. The number of carbonyl (C=O) groups excluding carboxylic acids is 1. The molecule has 10 heteroatoms. The summed E-state index contributed by atoms with van der Waals surface area (Å²) in [7, 11) is 3.35. The van der Waals surface area contributed by atoms with E-state index < -0.39 is 17.7 Å². The van der Waals surface area contributed by atoms with Gasteiger partial charge >= 0.3 is 6.09 Å². The highest BCUT2D eigenvalue weighted by Crippen LogP contribution is 2.51. The van der Waals surface area contributed by atoms with Crippen LogP contribution in [0, 0.1) is 0 Å². The maximum absolute atomic E-state index is 13.4. The smallest absolute Gasteiger partial charge is 0.415 e. The van der Waals surface area contributed by atoms with Crippen LogP contribution in [0.1, 0.15) is 20.8 Å². The van der Waals surface area contributed by atoms with E-state index in [-0.39, 0.29) is 5.25 Å². The van der Waals surface area contributed by atoms with Gasteiger partial charge in [0, 0.05) is 47.4 Å². The molecule has 6 nitrogen and oxygen atoms in total. The first-order valence-corrected chi connectivity index (χ1v) is 13.0. The van der Waals surface area contributed by atoms with Gasteiger partial charge in [-0.25, -0.2) is 4.79 Å². The zero-order valence-corrected chi connectivity index (χ0v) is 23.3. The zero-order valence-electron chi connectivity index (χ0n) is 19.4. The largest absolute Gasteiger partial charge is 0.443 e. The summed E-state index contributed by atoms with van der Waals surface area (Å²) in [5.41, 5.74) is 0.878. The highest BCUT2D eigenvalue weighted by atomic mass is 79.9. The number of allylic oxidation sites excluding steroid dienone is 2. The first-order chi connectivity index (χ1) is 15.6. The molecule has 182 valence electrons. The SMILES string of the molecule is COCCN(CCOC)c1cc(Cl)c2c(c1)SC1C=C(Br)C=C(Cl)C1N2C(=O)OC(C)(C)C. The second-order valence-corrected chi connectivity index (χ2v) is 11.7. The monoisotopic (exact) mass is 578 g/mol. The lowest BCUT2D eigenvalue weighted by Crippen LogP contribution is -2.51. The van der Waals surface area contributed by atoms with Crippen LogP contribution < -0.4 is 9.80 Å². The van der Waals surface area contributed by atoms with Gasteiger partial charge in [-0.1, -0.05) is 45.2 Å². The average Bonchev–Trinajstić information content (AvgIpc) is 2.70. The maximum Gasteiger partial charge on any atom is 0.415 e. The van der Waals surface area contributed by atoms with E-state index in [0.29, 0.717) is 42.0 Å². The quantitative estimate of drug-likeness (QED) is 0.370. The number of benzene rings is 1. The molecule has 1 heterocycles. The third-order valence-corrected chi connectivity index (χ3v) is 7.42. The predicted octanol–water partition coefficient (Wildman–Crippen LogP) is 6.44. The molecule has 0 saturated carbocycles. The summed E-state index contributed by atoms with van der Waals surface area (Å²) in [4.78, 5) is 18.0. The molecule has 2 atom stereocenters. The number of ether oxygens (including phenoxy) is 3. The molecule has 0 N–H and O–H groups in total. The summed E-state index contributed by atoms with van der Waals surface area (Å²) in [6.45, 7) is 8.01. The van der Waals surface area contributed by atoms with Gasteiger partial charge in [0.2, 0.25) is 0 Å². The lowest BCUT2D eigenvalue weighted by molar-refractivity contribution is 0.0570. The number of thioether (sulfide) groups is 1. The highest BCUT2D eigenvalue weighted by molar-refractivity contribution is 9.11. The minimum atomic E-state index is -0.665. The van der Waals surface area contributed by atoms with E-state index in [1.807, 2.05) is 32.9 Å². The topological polar surface area (TPSA) is 51.2 Å². The number of rotatable bonds is 7. The third-order valence-electron chi connectivity index (χ3n) is 5.07. The van der Waals surface area contributed by atoms with Crippen LogP contribution in [0.3, 0.4) is 0 Å². The molecule has 0 aromatic heterocycles. The molecule has 2 aliphatic rings. The fourth-order valence-electron chi connectivity index (χ4n) is 3.68. The lowest BCUT2D eigenvalue weighted by atomic mass is 10.0. The number of amides is 1. The van der Waals surface area contributed by atoms with Gasteiger partial charge in [0.25, 0.3) is 0 Å². The number of nitrogens with zero attached hydrogens (tertiary/aromatic N) is 2. The van der Waals surface area contributed by atoms with Gasteiger partial charge in [-0.15, -0.1) is 11.8 Å². The second-order valence-electron chi connectivity index (χ2n) is 8.71. The van der Waals surface area contributed by atoms with Crippen molar-refractivity contribution in [2.45, 2.75) is 42.6 Å². The minimum Gasteiger partial charge on any atom is -0.443 e. The fourth-order valence-corrected chi connectivity index (χ4v) is 6.72. The first kappa shape index (κ1) is 26.7. The van der Waals surface area contributed by atoms with E-state index in [1.165, 1.54) is 0 Å². The Morgan fingerprint density at radius 1 is 1.18 bits per heavy atom. The Kier molecular flexibility index (Phi) is 9.08. The fraction of sp³-hybridized carbons (Fsp3) is 0.522. The first-order valence-electron chi connectivity index (χ1n) is 10.6. The molecule has 0 bridgehead atoms. The standard InChI is InChI=1S/C23H29BrCl2N2O4S/c1-23(2,3)32-22(29)28-20-16(25)10-14(24)11-18(20)33-19-13-15(12-17(26)21(19)28)27(6-8-30-4)7-9-31-5/h10-13,18,20H,6-9H2,1-5H3. The summed E-state index contributed by atoms with van der Waals surface area (Å²) in [5.74, 6) is 0. The highest BCUT2D eigenvalue weighted by Gasteiger charge is 2.44. The van der Waals surface area contributed by atoms with Gasteiger partial charge in [0.15, 0.2) is 0 Å². The number of halogens is 3. The van der Waals surface area contributed by atoms with E-state index in [0.717, 1.165) is 15.1 Å². The maximum atomic E-state index is 13.4. The second kappa shape index (κ2) is 11.2. The molecule has 3 rings (SSSR count). The molecule has 0 saturated heterocycles. The van der Waals surface area contributed by atoms with Crippen LogP contribution in [-0.2, 0) is 14.2 Å². The third kappa shape index (κ3) is 6.41. The Balaban J connectivity index is 2.09. The van der Waals surface area contributed by atoms with Crippen LogP contribution >= 0.6 is 50.9 Å². The minimum absolute atomic E-state index is 0.102. The van der Waals surface area contributed by atoms with Crippen LogP contribution in [0.15, 0.2) is 38.7 Å². The number of methoxy groups -OCH3 is 2. The van der Waals surface area contributed by atoms with Crippen molar-refractivity contribution in [3.8, 4) is 0 Å². The van der Waals surface area contributed by atoms with E-state index in [2.05, 4.69) is 33.0 Å². The van der Waals surface area contributed by atoms with Gasteiger partial charge in [-0.2, -0.15) is 0 Å². The van der Waals surface area contributed by atoms with Gasteiger partial charge in [0.1, 0.15) is 5.60 Å². The molecular weight excluding hydrogens is 551 g/mol. The van der Waals surface area contributed by atoms with Crippen molar-refractivity contribution in [3.63, 3.8) is 0 Å². The molecule has 0 radical (unpaired) electrons. The van der Waals surface area contributed by atoms with Crippen LogP contribution in [-0.4, -0.2) is 63.5 Å². The van der Waals surface area contributed by atoms with Gasteiger partial charge in [0.05, 0.1) is 35.2 Å². The molecule has 1 aliphatic heterocycles. The van der Waals surface area contributed by atoms with E-state index >= 15 is 0 Å². The van der Waals surface area contributed by atoms with E-state index in [1.54, 1.807) is 30.9 Å². The van der Waals surface area contributed by atoms with Crippen LogP contribution in [0.25, 0.3) is 0 Å². The van der Waals surface area contributed by atoms with Crippen molar-refractivity contribution in [2.24, 2.45) is 0 Å². The van der Waals surface area contributed by atoms with Crippen LogP contribution in [0.4, 0.5) is 16.2 Å². The molecule has 1 aromatic carbocycles. The lowest BCUT2D eigenvalue weighted by Gasteiger charge is -2.43. The Bertz CT molecular complexity index is 943. The van der Waals surface area contributed by atoms with Crippen molar-refractivity contribution in [1.29, 1.82) is 0 Å². The number of hydrogen-bond acceptors (Lipinski definition) is 6. The van der Waals surface area contributed by atoms with Gasteiger partial charge in [-0.3, -0.25) is 4.90 Å². The molecule has 1 aromatic rings. The molecular formula is C23H29BrCl2N2O4S. The van der Waals surface area contributed by atoms with Crippen LogP contribution in [0.5, 0.6) is 0 Å². The van der Waals surface area contributed by atoms with Crippen molar-refractivity contribution in [2.75, 3.05) is 50.3 Å². The van der Waals surface area contributed by atoms with Crippen molar-refractivity contribution in [1.82, 2.24) is 0 Å². The molecule has 1 amide bonds. The Morgan fingerprint density at radius 2 is 1.82 bits per heavy atom. The van der Waals surface area contributed by atoms with Crippen molar-refractivity contribution < 1.29 is 19.0 Å². The van der Waals surface area contributed by atoms with Gasteiger partial charge in [-0.05, 0) is 39.0 Å². The van der Waals surface area contributed by atoms with E-state index in [4.69, 9.17) is 37.4 Å².